The molecule has 0 aromatic heterocycles. The van der Waals surface area contributed by atoms with Gasteiger partial charge in [-0.05, 0) is 18.9 Å². The van der Waals surface area contributed by atoms with Crippen LogP contribution < -0.4 is 20.9 Å². The Labute approximate surface area is 197 Å². The summed E-state index contributed by atoms with van der Waals surface area (Å²) in [5.41, 5.74) is 5.28. The van der Waals surface area contributed by atoms with Gasteiger partial charge in [-0.25, -0.2) is 4.99 Å². The quantitative estimate of drug-likeness (QED) is 0.160. The highest BCUT2D eigenvalue weighted by Crippen LogP contribution is 2.51. The van der Waals surface area contributed by atoms with Crippen LogP contribution in [-0.2, 0) is 12.8 Å². The number of nitro groups is 2. The number of guanidine groups is 1. The van der Waals surface area contributed by atoms with E-state index in [9.17, 15) is 46.6 Å². The van der Waals surface area contributed by atoms with Gasteiger partial charge in [-0.1, -0.05) is 13.8 Å². The molecule has 0 aliphatic carbocycles. The normalized spacial score (nSPS) is 11.7. The van der Waals surface area contributed by atoms with Crippen molar-refractivity contribution in [2.75, 3.05) is 0 Å². The fraction of sp³-hybridized carbons (Fsp3) is 0.316. The second kappa shape index (κ2) is 10.1. The van der Waals surface area contributed by atoms with Crippen molar-refractivity contribution in [1.82, 2.24) is 0 Å². The van der Waals surface area contributed by atoms with E-state index in [4.69, 9.17) is 11.5 Å². The zero-order valence-corrected chi connectivity index (χ0v) is 18.4. The number of alkyl halides is 6. The number of hydrogen-bond acceptors (Lipinski definition) is 7. The Hall–Kier alpha value is -4.31. The van der Waals surface area contributed by atoms with E-state index in [0.717, 1.165) is 0 Å². The number of aryl methyl sites for hydroxylation is 1. The van der Waals surface area contributed by atoms with Crippen molar-refractivity contribution in [3.8, 4) is 22.6 Å². The molecular weight excluding hydrogens is 508 g/mol. The number of nitrogens with zero attached hydrogens (tertiary/aromatic N) is 3. The third kappa shape index (κ3) is 6.42. The highest BCUT2D eigenvalue weighted by atomic mass is 19.4. The number of nitro benzene ring substituents is 2. The first-order valence-corrected chi connectivity index (χ1v) is 9.76. The molecule has 0 saturated heterocycles. The van der Waals surface area contributed by atoms with Gasteiger partial charge in [0, 0.05) is 28.8 Å². The van der Waals surface area contributed by atoms with Crippen LogP contribution in [0.15, 0.2) is 23.2 Å². The van der Waals surface area contributed by atoms with E-state index in [-0.39, 0.29) is 18.4 Å². The fourth-order valence-electron chi connectivity index (χ4n) is 3.34. The Morgan fingerprint density at radius 3 is 1.83 bits per heavy atom. The molecule has 0 spiro atoms. The van der Waals surface area contributed by atoms with Gasteiger partial charge in [0.25, 0.3) is 11.4 Å². The summed E-state index contributed by atoms with van der Waals surface area (Å²) in [5.74, 6) is -3.36. The zero-order valence-electron chi connectivity index (χ0n) is 18.4. The molecule has 0 aliphatic heterocycles. The molecule has 17 heteroatoms. The van der Waals surface area contributed by atoms with Gasteiger partial charge in [0.1, 0.15) is 11.4 Å². The van der Waals surface area contributed by atoms with Gasteiger partial charge in [-0.15, -0.1) is 26.3 Å². The maximum atomic E-state index is 13.4. The largest absolute Gasteiger partial charge is 0.573 e. The first-order valence-electron chi connectivity index (χ1n) is 9.76. The molecule has 196 valence electrons. The SMILES string of the molecule is CCc1cc(OC(F)(F)F)c(-c2cc([N+](=O)[O-])c(CC)c(N=C(N)N)c2OC(F)(F)F)cc1[N+](=O)[O-]. The minimum absolute atomic E-state index is 0.162. The van der Waals surface area contributed by atoms with Gasteiger partial charge < -0.3 is 20.9 Å². The van der Waals surface area contributed by atoms with Crippen LogP contribution in [0.4, 0.5) is 43.4 Å². The number of hydrogen-bond donors (Lipinski definition) is 2. The molecule has 4 N–H and O–H groups in total. The Kier molecular flexibility index (Phi) is 7.86. The monoisotopic (exact) mass is 525 g/mol. The molecule has 0 heterocycles. The molecule has 0 amide bonds. The number of nitrogens with two attached hydrogens (primary N) is 2. The maximum absolute atomic E-state index is 13.4. The van der Waals surface area contributed by atoms with Crippen molar-refractivity contribution in [3.63, 3.8) is 0 Å². The van der Waals surface area contributed by atoms with Crippen LogP contribution >= 0.6 is 0 Å². The minimum atomic E-state index is -5.48. The Morgan fingerprint density at radius 2 is 1.42 bits per heavy atom. The predicted molar refractivity (Wildman–Crippen MR) is 113 cm³/mol. The number of rotatable bonds is 8. The average molecular weight is 525 g/mol. The summed E-state index contributed by atoms with van der Waals surface area (Å²) in [6, 6.07) is 1.56. The average Bonchev–Trinajstić information content (AvgIpc) is 2.71. The molecule has 2 aromatic rings. The van der Waals surface area contributed by atoms with E-state index in [2.05, 4.69) is 14.5 Å². The van der Waals surface area contributed by atoms with E-state index in [0.29, 0.717) is 18.2 Å². The van der Waals surface area contributed by atoms with Crippen LogP contribution in [0, 0.1) is 20.2 Å². The van der Waals surface area contributed by atoms with E-state index in [1.54, 1.807) is 0 Å². The van der Waals surface area contributed by atoms with Crippen molar-refractivity contribution in [1.29, 1.82) is 0 Å². The molecule has 36 heavy (non-hydrogen) atoms. The molecule has 0 atom stereocenters. The number of aliphatic imine (C=N–C) groups is 1. The Balaban J connectivity index is 3.20. The number of halogens is 6. The first kappa shape index (κ1) is 27.9. The van der Waals surface area contributed by atoms with Crippen LogP contribution in [0.5, 0.6) is 11.5 Å². The van der Waals surface area contributed by atoms with E-state index >= 15 is 0 Å². The Morgan fingerprint density at radius 1 is 0.889 bits per heavy atom. The van der Waals surface area contributed by atoms with Gasteiger partial charge in [-0.3, -0.25) is 20.2 Å². The van der Waals surface area contributed by atoms with Crippen molar-refractivity contribution < 1.29 is 45.7 Å². The summed E-state index contributed by atoms with van der Waals surface area (Å²) in [5, 5.41) is 23.2. The van der Waals surface area contributed by atoms with Gasteiger partial charge in [0.05, 0.1) is 15.4 Å². The lowest BCUT2D eigenvalue weighted by Gasteiger charge is -2.20. The molecule has 0 unspecified atom stereocenters. The molecule has 2 aromatic carbocycles. The van der Waals surface area contributed by atoms with Gasteiger partial charge in [0.15, 0.2) is 11.7 Å². The summed E-state index contributed by atoms with van der Waals surface area (Å²) >= 11 is 0. The maximum Gasteiger partial charge on any atom is 0.573 e. The van der Waals surface area contributed by atoms with E-state index in [1.165, 1.54) is 13.8 Å². The number of ether oxygens (including phenoxy) is 2. The van der Waals surface area contributed by atoms with Crippen LogP contribution in [0.25, 0.3) is 11.1 Å². The van der Waals surface area contributed by atoms with Crippen LogP contribution in [0.3, 0.4) is 0 Å². The van der Waals surface area contributed by atoms with Crippen LogP contribution in [0.2, 0.25) is 0 Å². The molecule has 0 aliphatic rings. The third-order valence-electron chi connectivity index (χ3n) is 4.62. The zero-order chi connectivity index (χ0) is 27.6. The molecule has 2 rings (SSSR count). The lowest BCUT2D eigenvalue weighted by atomic mass is 9.95. The summed E-state index contributed by atoms with van der Waals surface area (Å²) < 4.78 is 87.4. The summed E-state index contributed by atoms with van der Waals surface area (Å²) in [7, 11) is 0. The molecule has 0 saturated carbocycles. The predicted octanol–water partition coefficient (Wildman–Crippen LogP) is 5.00. The highest BCUT2D eigenvalue weighted by Gasteiger charge is 2.39. The minimum Gasteiger partial charge on any atom is -0.405 e. The smallest absolute Gasteiger partial charge is 0.405 e. The standard InChI is InChI=1S/C19H17F6N5O6/c1-3-8-5-14(35-18(20,21)22)10(6-12(8)29(31)32)11-7-13(30(33)34)9(4-2)15(28-17(26)27)16(11)36-19(23,24)25/h5-7H,3-4H2,1-2H3,(H4,26,27,28). The van der Waals surface area contributed by atoms with Gasteiger partial charge in [0.2, 0.25) is 0 Å². The summed E-state index contributed by atoms with van der Waals surface area (Å²) in [6.07, 6.45) is -11.3. The lowest BCUT2D eigenvalue weighted by molar-refractivity contribution is -0.385. The third-order valence-corrected chi connectivity index (χ3v) is 4.62. The first-order chi connectivity index (χ1) is 16.5. The van der Waals surface area contributed by atoms with Gasteiger partial charge in [-0.2, -0.15) is 0 Å². The molecule has 0 radical (unpaired) electrons. The molecule has 0 bridgehead atoms. The van der Waals surface area contributed by atoms with Crippen molar-refractivity contribution in [3.05, 3.63) is 49.6 Å². The lowest BCUT2D eigenvalue weighted by Crippen LogP contribution is -2.23. The topological polar surface area (TPSA) is 169 Å². The van der Waals surface area contributed by atoms with Crippen molar-refractivity contribution in [2.24, 2.45) is 16.5 Å². The number of benzene rings is 2. The highest BCUT2D eigenvalue weighted by molar-refractivity contribution is 5.90. The second-order valence-corrected chi connectivity index (χ2v) is 6.93. The van der Waals surface area contributed by atoms with E-state index in [1.807, 2.05) is 0 Å². The van der Waals surface area contributed by atoms with Crippen LogP contribution in [0.1, 0.15) is 25.0 Å². The fourth-order valence-corrected chi connectivity index (χ4v) is 3.34. The Bertz CT molecular complexity index is 1230. The summed E-state index contributed by atoms with van der Waals surface area (Å²) in [6.45, 7) is 2.68. The van der Waals surface area contributed by atoms with Crippen molar-refractivity contribution >= 4 is 23.0 Å². The summed E-state index contributed by atoms with van der Waals surface area (Å²) in [4.78, 5) is 24.7. The molecular formula is C19H17F6N5O6. The van der Waals surface area contributed by atoms with E-state index < -0.39 is 73.8 Å². The van der Waals surface area contributed by atoms with Gasteiger partial charge >= 0.3 is 12.7 Å². The molecule has 11 nitrogen and oxygen atoms in total. The molecule has 0 fully saturated rings. The van der Waals surface area contributed by atoms with Crippen LogP contribution in [-0.4, -0.2) is 28.5 Å². The van der Waals surface area contributed by atoms with Crippen molar-refractivity contribution in [2.45, 2.75) is 39.4 Å². The second-order valence-electron chi connectivity index (χ2n) is 6.93.